The fraction of sp³-hybridized carbons (Fsp3) is 0.167. The van der Waals surface area contributed by atoms with Crippen molar-refractivity contribution in [2.24, 2.45) is 0 Å². The Morgan fingerprint density at radius 3 is 2.27 bits per heavy atom. The van der Waals surface area contributed by atoms with Crippen LogP contribution in [0.15, 0.2) is 76.5 Å². The first-order valence-corrected chi connectivity index (χ1v) is 10.4. The second-order valence-corrected chi connectivity index (χ2v) is 8.03. The zero-order valence-electron chi connectivity index (χ0n) is 17.2. The van der Waals surface area contributed by atoms with E-state index in [2.05, 4.69) is 42.7 Å². The van der Waals surface area contributed by atoms with Gasteiger partial charge in [0.1, 0.15) is 5.75 Å². The molecule has 30 heavy (non-hydrogen) atoms. The lowest BCUT2D eigenvalue weighted by Gasteiger charge is -2.12. The molecular weight excluding hydrogens is 396 g/mol. The number of para-hydroxylation sites is 2. The maximum atomic E-state index is 12.2. The molecule has 0 aliphatic carbocycles. The van der Waals surface area contributed by atoms with Crippen LogP contribution in [-0.4, -0.2) is 18.4 Å². The van der Waals surface area contributed by atoms with Crippen LogP contribution < -0.4 is 15.4 Å². The summed E-state index contributed by atoms with van der Waals surface area (Å²) in [4.78, 5) is 25.8. The van der Waals surface area contributed by atoms with Crippen LogP contribution in [0.4, 0.5) is 11.4 Å². The second kappa shape index (κ2) is 9.98. The van der Waals surface area contributed by atoms with Crippen molar-refractivity contribution in [2.45, 2.75) is 30.6 Å². The van der Waals surface area contributed by atoms with Gasteiger partial charge in [0.2, 0.25) is 5.91 Å². The number of benzene rings is 3. The molecule has 0 heterocycles. The van der Waals surface area contributed by atoms with E-state index in [1.807, 2.05) is 24.3 Å². The Kier molecular flexibility index (Phi) is 7.14. The molecule has 0 aromatic heterocycles. The van der Waals surface area contributed by atoms with Crippen molar-refractivity contribution in [2.75, 3.05) is 17.2 Å². The molecule has 3 rings (SSSR count). The molecule has 154 valence electrons. The molecule has 0 saturated heterocycles. The first-order chi connectivity index (χ1) is 14.4. The molecular formula is C24H24N2O3S. The fourth-order valence-electron chi connectivity index (χ4n) is 2.75. The van der Waals surface area contributed by atoms with Crippen molar-refractivity contribution in [3.05, 3.63) is 77.9 Å². The topological polar surface area (TPSA) is 67.4 Å². The first kappa shape index (κ1) is 21.5. The minimum atomic E-state index is -0.276. The number of amides is 2. The van der Waals surface area contributed by atoms with Gasteiger partial charge in [-0.3, -0.25) is 9.59 Å². The summed E-state index contributed by atoms with van der Waals surface area (Å²) < 4.78 is 5.56. The highest BCUT2D eigenvalue weighted by Gasteiger charge is 2.08. The summed E-state index contributed by atoms with van der Waals surface area (Å²) >= 11 is 1.68. The Labute approximate surface area is 180 Å². The van der Waals surface area contributed by atoms with Crippen molar-refractivity contribution in [1.29, 1.82) is 0 Å². The van der Waals surface area contributed by atoms with E-state index in [0.717, 1.165) is 4.90 Å². The van der Waals surface area contributed by atoms with E-state index in [-0.39, 0.29) is 18.4 Å². The third kappa shape index (κ3) is 6.12. The van der Waals surface area contributed by atoms with E-state index in [0.29, 0.717) is 17.1 Å². The number of carbonyl (C=O) groups is 2. The van der Waals surface area contributed by atoms with Gasteiger partial charge in [-0.2, -0.15) is 0 Å². The van der Waals surface area contributed by atoms with E-state index in [1.54, 1.807) is 36.0 Å². The van der Waals surface area contributed by atoms with Gasteiger partial charge in [0.05, 0.1) is 5.69 Å². The molecule has 0 aliphatic heterocycles. The number of hydrogen-bond acceptors (Lipinski definition) is 4. The Morgan fingerprint density at radius 2 is 1.57 bits per heavy atom. The van der Waals surface area contributed by atoms with Crippen molar-refractivity contribution in [1.82, 2.24) is 0 Å². The number of rotatable bonds is 7. The molecule has 0 fully saturated rings. The summed E-state index contributed by atoms with van der Waals surface area (Å²) in [5.41, 5.74) is 3.77. The highest BCUT2D eigenvalue weighted by atomic mass is 32.2. The molecule has 2 amide bonds. The molecule has 2 N–H and O–H groups in total. The second-order valence-electron chi connectivity index (χ2n) is 6.89. The van der Waals surface area contributed by atoms with Crippen LogP contribution >= 0.6 is 11.8 Å². The van der Waals surface area contributed by atoms with Crippen LogP contribution in [-0.2, 0) is 9.59 Å². The normalized spacial score (nSPS) is 10.4. The van der Waals surface area contributed by atoms with Crippen molar-refractivity contribution < 1.29 is 14.3 Å². The number of anilines is 2. The number of aryl methyl sites for hydroxylation is 2. The molecule has 6 heteroatoms. The lowest BCUT2D eigenvalue weighted by atomic mass is 10.1. The predicted octanol–water partition coefficient (Wildman–Crippen LogP) is 5.43. The lowest BCUT2D eigenvalue weighted by Crippen LogP contribution is -2.20. The van der Waals surface area contributed by atoms with Crippen molar-refractivity contribution in [3.63, 3.8) is 0 Å². The van der Waals surface area contributed by atoms with Gasteiger partial charge in [0, 0.05) is 22.4 Å². The molecule has 0 radical (unpaired) electrons. The van der Waals surface area contributed by atoms with Gasteiger partial charge >= 0.3 is 0 Å². The summed E-state index contributed by atoms with van der Waals surface area (Å²) in [5, 5.41) is 5.50. The van der Waals surface area contributed by atoms with E-state index in [9.17, 15) is 9.59 Å². The van der Waals surface area contributed by atoms with Gasteiger partial charge in [-0.15, -0.1) is 0 Å². The maximum absolute atomic E-state index is 12.2. The van der Waals surface area contributed by atoms with Gasteiger partial charge in [-0.05, 0) is 73.5 Å². The van der Waals surface area contributed by atoms with Gasteiger partial charge in [-0.1, -0.05) is 30.0 Å². The third-order valence-electron chi connectivity index (χ3n) is 4.41. The van der Waals surface area contributed by atoms with Gasteiger partial charge in [0.15, 0.2) is 6.61 Å². The molecule has 0 bridgehead atoms. The summed E-state index contributed by atoms with van der Waals surface area (Å²) in [7, 11) is 0. The molecule has 3 aromatic carbocycles. The van der Waals surface area contributed by atoms with E-state index >= 15 is 0 Å². The minimum Gasteiger partial charge on any atom is -0.482 e. The smallest absolute Gasteiger partial charge is 0.262 e. The van der Waals surface area contributed by atoms with Gasteiger partial charge in [-0.25, -0.2) is 0 Å². The van der Waals surface area contributed by atoms with Gasteiger partial charge < -0.3 is 15.4 Å². The average molecular weight is 421 g/mol. The van der Waals surface area contributed by atoms with Crippen LogP contribution in [0.5, 0.6) is 5.75 Å². The lowest BCUT2D eigenvalue weighted by molar-refractivity contribution is -0.118. The van der Waals surface area contributed by atoms with E-state index < -0.39 is 0 Å². The zero-order chi connectivity index (χ0) is 21.5. The molecule has 5 nitrogen and oxygen atoms in total. The predicted molar refractivity (Wildman–Crippen MR) is 121 cm³/mol. The monoisotopic (exact) mass is 420 g/mol. The van der Waals surface area contributed by atoms with Crippen LogP contribution in [0.3, 0.4) is 0 Å². The number of hydrogen-bond donors (Lipinski definition) is 2. The standard InChI is InChI=1S/C24H24N2O3S/c1-16-8-11-21(14-17(16)2)30-20-12-9-19(10-13-20)26-24(28)15-29-23-7-5-4-6-22(23)25-18(3)27/h4-14H,15H2,1-3H3,(H,25,27)(H,26,28). The number of nitrogens with one attached hydrogen (secondary N) is 2. The fourth-order valence-corrected chi connectivity index (χ4v) is 3.66. The van der Waals surface area contributed by atoms with Crippen molar-refractivity contribution >= 4 is 35.0 Å². The molecule has 0 unspecified atom stereocenters. The van der Waals surface area contributed by atoms with E-state index in [1.165, 1.54) is 22.9 Å². The Balaban J connectivity index is 1.55. The zero-order valence-corrected chi connectivity index (χ0v) is 18.0. The van der Waals surface area contributed by atoms with Crippen LogP contribution in [0.25, 0.3) is 0 Å². The van der Waals surface area contributed by atoms with Crippen LogP contribution in [0, 0.1) is 13.8 Å². The highest BCUT2D eigenvalue weighted by Crippen LogP contribution is 2.30. The Morgan fingerprint density at radius 1 is 0.867 bits per heavy atom. The summed E-state index contributed by atoms with van der Waals surface area (Å²) in [6.45, 7) is 5.47. The molecule has 0 atom stereocenters. The van der Waals surface area contributed by atoms with E-state index in [4.69, 9.17) is 4.74 Å². The highest BCUT2D eigenvalue weighted by molar-refractivity contribution is 7.99. The average Bonchev–Trinajstić information content (AvgIpc) is 2.71. The summed E-state index contributed by atoms with van der Waals surface area (Å²) in [5.74, 6) is -0.0283. The molecule has 0 spiro atoms. The quantitative estimate of drug-likeness (QED) is 0.535. The molecule has 0 aliphatic rings. The molecule has 0 saturated carbocycles. The minimum absolute atomic E-state index is 0.157. The number of ether oxygens (including phenoxy) is 1. The Bertz CT molecular complexity index is 1050. The largest absolute Gasteiger partial charge is 0.482 e. The van der Waals surface area contributed by atoms with Crippen molar-refractivity contribution in [3.8, 4) is 5.75 Å². The third-order valence-corrected chi connectivity index (χ3v) is 5.41. The summed E-state index contributed by atoms with van der Waals surface area (Å²) in [6, 6.07) is 21.1. The summed E-state index contributed by atoms with van der Waals surface area (Å²) in [6.07, 6.45) is 0. The van der Waals surface area contributed by atoms with Crippen LogP contribution in [0.1, 0.15) is 18.1 Å². The van der Waals surface area contributed by atoms with Crippen LogP contribution in [0.2, 0.25) is 0 Å². The van der Waals surface area contributed by atoms with Gasteiger partial charge in [0.25, 0.3) is 5.91 Å². The SMILES string of the molecule is CC(=O)Nc1ccccc1OCC(=O)Nc1ccc(Sc2ccc(C)c(C)c2)cc1. The molecule has 3 aromatic rings. The maximum Gasteiger partial charge on any atom is 0.262 e. The number of carbonyl (C=O) groups excluding carboxylic acids is 2. The first-order valence-electron chi connectivity index (χ1n) is 9.55. The Hall–Kier alpha value is -3.25.